The normalized spacial score (nSPS) is 20.4. The lowest BCUT2D eigenvalue weighted by Crippen LogP contribution is -2.41. The van der Waals surface area contributed by atoms with Gasteiger partial charge in [0, 0.05) is 32.4 Å². The minimum atomic E-state index is 0.416. The third kappa shape index (κ3) is 4.85. The zero-order valence-corrected chi connectivity index (χ0v) is 12.7. The Balaban J connectivity index is 1.72. The van der Waals surface area contributed by atoms with Crippen LogP contribution in [0.5, 0.6) is 0 Å². The summed E-state index contributed by atoms with van der Waals surface area (Å²) in [6.45, 7) is 7.97. The quantitative estimate of drug-likeness (QED) is 0.767. The van der Waals surface area contributed by atoms with Crippen LogP contribution in [0.1, 0.15) is 31.9 Å². The number of likely N-dealkylation sites (tertiary alicyclic amines) is 1. The molecule has 0 radical (unpaired) electrons. The Morgan fingerprint density at radius 3 is 3.15 bits per heavy atom. The van der Waals surface area contributed by atoms with Crippen molar-refractivity contribution in [3.63, 3.8) is 0 Å². The van der Waals surface area contributed by atoms with Crippen LogP contribution in [0.25, 0.3) is 0 Å². The second kappa shape index (κ2) is 8.34. The minimum absolute atomic E-state index is 0.416. The molecule has 0 spiro atoms. The van der Waals surface area contributed by atoms with Crippen LogP contribution >= 0.6 is 0 Å². The van der Waals surface area contributed by atoms with Gasteiger partial charge in [-0.25, -0.2) is 0 Å². The molecule has 0 saturated carbocycles. The van der Waals surface area contributed by atoms with E-state index in [0.29, 0.717) is 6.10 Å². The summed E-state index contributed by atoms with van der Waals surface area (Å²) in [5.41, 5.74) is 0.996. The van der Waals surface area contributed by atoms with Crippen LogP contribution < -0.4 is 5.32 Å². The smallest absolute Gasteiger partial charge is 0.0964 e. The predicted octanol–water partition coefficient (Wildman–Crippen LogP) is 0.889. The summed E-state index contributed by atoms with van der Waals surface area (Å²) in [7, 11) is 1.92. The number of nitrogens with one attached hydrogen (secondary N) is 1. The molecule has 2 heterocycles. The standard InChI is InChI=1S/C14H27N5O/c1-3-9-20-14-5-4-6-18(12-14)7-8-19-11-13(10-15-2)16-17-19/h11,14-15H,3-10,12H2,1-2H3. The van der Waals surface area contributed by atoms with Crippen LogP contribution in [0.2, 0.25) is 0 Å². The van der Waals surface area contributed by atoms with Gasteiger partial charge < -0.3 is 10.1 Å². The van der Waals surface area contributed by atoms with Gasteiger partial charge in [0.25, 0.3) is 0 Å². The first-order valence-electron chi connectivity index (χ1n) is 7.69. The molecule has 6 nitrogen and oxygen atoms in total. The van der Waals surface area contributed by atoms with Crippen molar-refractivity contribution in [2.24, 2.45) is 0 Å². The Bertz CT molecular complexity index is 381. The lowest BCUT2D eigenvalue weighted by molar-refractivity contribution is -0.00100. The van der Waals surface area contributed by atoms with Gasteiger partial charge in [0.1, 0.15) is 0 Å². The highest BCUT2D eigenvalue weighted by Gasteiger charge is 2.19. The third-order valence-electron chi connectivity index (χ3n) is 3.61. The summed E-state index contributed by atoms with van der Waals surface area (Å²) >= 11 is 0. The van der Waals surface area contributed by atoms with E-state index in [0.717, 1.165) is 44.9 Å². The first kappa shape index (κ1) is 15.4. The molecule has 1 aromatic rings. The van der Waals surface area contributed by atoms with E-state index in [1.54, 1.807) is 0 Å². The lowest BCUT2D eigenvalue weighted by Gasteiger charge is -2.32. The molecule has 1 fully saturated rings. The van der Waals surface area contributed by atoms with E-state index in [4.69, 9.17) is 4.74 Å². The Morgan fingerprint density at radius 1 is 1.45 bits per heavy atom. The van der Waals surface area contributed by atoms with E-state index in [1.165, 1.54) is 19.4 Å². The fourth-order valence-corrected chi connectivity index (χ4v) is 2.59. The molecule has 0 amide bonds. The Kier molecular flexibility index (Phi) is 6.42. The fraction of sp³-hybridized carbons (Fsp3) is 0.857. The topological polar surface area (TPSA) is 55.2 Å². The second-order valence-electron chi connectivity index (χ2n) is 5.44. The molecular formula is C14H27N5O. The predicted molar refractivity (Wildman–Crippen MR) is 78.5 cm³/mol. The van der Waals surface area contributed by atoms with Gasteiger partial charge in [-0.2, -0.15) is 0 Å². The fourth-order valence-electron chi connectivity index (χ4n) is 2.59. The van der Waals surface area contributed by atoms with E-state index in [9.17, 15) is 0 Å². The molecule has 1 aromatic heterocycles. The summed E-state index contributed by atoms with van der Waals surface area (Å²) in [6.07, 6.45) is 5.97. The Labute approximate surface area is 121 Å². The minimum Gasteiger partial charge on any atom is -0.377 e. The van der Waals surface area contributed by atoms with Crippen LogP contribution in [0.3, 0.4) is 0 Å². The maximum Gasteiger partial charge on any atom is 0.0964 e. The summed E-state index contributed by atoms with van der Waals surface area (Å²) in [6, 6.07) is 0. The summed E-state index contributed by atoms with van der Waals surface area (Å²) in [5.74, 6) is 0. The van der Waals surface area contributed by atoms with E-state index < -0.39 is 0 Å². The second-order valence-corrected chi connectivity index (χ2v) is 5.44. The van der Waals surface area contributed by atoms with Gasteiger partial charge >= 0.3 is 0 Å². The zero-order chi connectivity index (χ0) is 14.2. The average molecular weight is 281 g/mol. The molecule has 20 heavy (non-hydrogen) atoms. The first-order valence-corrected chi connectivity index (χ1v) is 7.69. The van der Waals surface area contributed by atoms with Crippen molar-refractivity contribution in [1.29, 1.82) is 0 Å². The molecule has 0 bridgehead atoms. The highest BCUT2D eigenvalue weighted by molar-refractivity contribution is 4.91. The number of nitrogens with zero attached hydrogens (tertiary/aromatic N) is 4. The molecule has 6 heteroatoms. The van der Waals surface area contributed by atoms with Crippen molar-refractivity contribution in [1.82, 2.24) is 25.2 Å². The number of aromatic nitrogens is 3. The van der Waals surface area contributed by atoms with E-state index in [2.05, 4.69) is 27.5 Å². The average Bonchev–Trinajstić information content (AvgIpc) is 2.92. The van der Waals surface area contributed by atoms with Gasteiger partial charge in [0.15, 0.2) is 0 Å². The first-order chi connectivity index (χ1) is 9.81. The van der Waals surface area contributed by atoms with Crippen molar-refractivity contribution in [3.8, 4) is 0 Å². The summed E-state index contributed by atoms with van der Waals surface area (Å²) < 4.78 is 7.80. The number of hydrogen-bond acceptors (Lipinski definition) is 5. The van der Waals surface area contributed by atoms with Crippen LogP contribution in [-0.2, 0) is 17.8 Å². The van der Waals surface area contributed by atoms with Crippen LogP contribution in [-0.4, -0.2) is 59.3 Å². The highest BCUT2D eigenvalue weighted by Crippen LogP contribution is 2.13. The number of piperidine rings is 1. The maximum atomic E-state index is 5.87. The number of hydrogen-bond donors (Lipinski definition) is 1. The molecule has 1 saturated heterocycles. The summed E-state index contributed by atoms with van der Waals surface area (Å²) in [4.78, 5) is 2.48. The van der Waals surface area contributed by atoms with Crippen LogP contribution in [0.15, 0.2) is 6.20 Å². The molecule has 1 atom stereocenters. The Hall–Kier alpha value is -0.980. The van der Waals surface area contributed by atoms with Gasteiger partial charge in [-0.05, 0) is 32.9 Å². The van der Waals surface area contributed by atoms with Gasteiger partial charge in [0.05, 0.1) is 18.3 Å². The lowest BCUT2D eigenvalue weighted by atomic mass is 10.1. The van der Waals surface area contributed by atoms with Crippen LogP contribution in [0.4, 0.5) is 0 Å². The van der Waals surface area contributed by atoms with Crippen molar-refractivity contribution >= 4 is 0 Å². The van der Waals surface area contributed by atoms with Gasteiger partial charge in [-0.15, -0.1) is 5.10 Å². The van der Waals surface area contributed by atoms with Crippen molar-refractivity contribution in [2.45, 2.75) is 45.4 Å². The van der Waals surface area contributed by atoms with E-state index in [1.807, 2.05) is 17.9 Å². The molecule has 0 aliphatic carbocycles. The monoisotopic (exact) mass is 281 g/mol. The SMILES string of the molecule is CCCOC1CCCN(CCn2cc(CNC)nn2)C1. The molecule has 1 unspecified atom stereocenters. The Morgan fingerprint density at radius 2 is 2.35 bits per heavy atom. The van der Waals surface area contributed by atoms with E-state index in [-0.39, 0.29) is 0 Å². The molecule has 2 rings (SSSR count). The van der Waals surface area contributed by atoms with E-state index >= 15 is 0 Å². The van der Waals surface area contributed by atoms with Crippen molar-refractivity contribution < 1.29 is 4.74 Å². The van der Waals surface area contributed by atoms with Crippen molar-refractivity contribution in [3.05, 3.63) is 11.9 Å². The van der Waals surface area contributed by atoms with Gasteiger partial charge in [-0.1, -0.05) is 12.1 Å². The molecule has 0 aromatic carbocycles. The molecular weight excluding hydrogens is 254 g/mol. The number of ether oxygens (including phenoxy) is 1. The maximum absolute atomic E-state index is 5.87. The summed E-state index contributed by atoms with van der Waals surface area (Å²) in [5, 5.41) is 11.4. The largest absolute Gasteiger partial charge is 0.377 e. The van der Waals surface area contributed by atoms with Gasteiger partial charge in [0.2, 0.25) is 0 Å². The molecule has 1 aliphatic heterocycles. The van der Waals surface area contributed by atoms with Gasteiger partial charge in [-0.3, -0.25) is 9.58 Å². The molecule has 114 valence electrons. The van der Waals surface area contributed by atoms with Crippen molar-refractivity contribution in [2.75, 3.05) is 33.3 Å². The third-order valence-corrected chi connectivity index (χ3v) is 3.61. The molecule has 1 N–H and O–H groups in total. The van der Waals surface area contributed by atoms with Crippen LogP contribution in [0, 0.1) is 0 Å². The molecule has 1 aliphatic rings. The highest BCUT2D eigenvalue weighted by atomic mass is 16.5. The number of rotatable bonds is 8. The zero-order valence-electron chi connectivity index (χ0n) is 12.7.